The summed E-state index contributed by atoms with van der Waals surface area (Å²) >= 11 is 9.10. The first-order valence-electron chi connectivity index (χ1n) is 5.74. The van der Waals surface area contributed by atoms with Crippen LogP contribution in [0.2, 0.25) is 5.28 Å². The molecule has 0 radical (unpaired) electrons. The summed E-state index contributed by atoms with van der Waals surface area (Å²) in [6.07, 6.45) is -0.0952. The zero-order chi connectivity index (χ0) is 14.7. The normalized spacial score (nSPS) is 10.7. The number of nitrogens with one attached hydrogen (secondary N) is 1. The van der Waals surface area contributed by atoms with Crippen molar-refractivity contribution in [3.63, 3.8) is 0 Å². The number of hydrogen-bond donors (Lipinski definition) is 1. The second kappa shape index (κ2) is 6.32. The number of anilines is 2. The predicted molar refractivity (Wildman–Crippen MR) is 78.0 cm³/mol. The highest BCUT2D eigenvalue weighted by molar-refractivity contribution is 9.10. The van der Waals surface area contributed by atoms with E-state index in [0.717, 1.165) is 0 Å². The minimum absolute atomic E-state index is 0.00863. The van der Waals surface area contributed by atoms with Crippen molar-refractivity contribution in [3.05, 3.63) is 33.8 Å². The molecule has 0 saturated carbocycles. The summed E-state index contributed by atoms with van der Waals surface area (Å²) < 4.78 is 19.2. The van der Waals surface area contributed by atoms with E-state index in [9.17, 15) is 4.39 Å². The van der Waals surface area contributed by atoms with E-state index < -0.39 is 0 Å². The van der Waals surface area contributed by atoms with Crippen molar-refractivity contribution in [2.75, 3.05) is 5.32 Å². The molecule has 0 unspecified atom stereocenters. The van der Waals surface area contributed by atoms with Crippen LogP contribution in [0.1, 0.15) is 13.8 Å². The summed E-state index contributed by atoms with van der Waals surface area (Å²) in [6, 6.07) is 4.33. The Kier molecular flexibility index (Phi) is 4.72. The first-order valence-corrected chi connectivity index (χ1v) is 6.91. The van der Waals surface area contributed by atoms with Crippen LogP contribution in [-0.2, 0) is 0 Å². The van der Waals surface area contributed by atoms with E-state index in [-0.39, 0.29) is 29.2 Å². The molecule has 1 aromatic heterocycles. The molecule has 1 N–H and O–H groups in total. The Bertz CT molecular complexity index is 626. The molecule has 0 fully saturated rings. The minimum Gasteiger partial charge on any atom is -0.461 e. The van der Waals surface area contributed by atoms with Crippen molar-refractivity contribution in [2.24, 2.45) is 0 Å². The van der Waals surface area contributed by atoms with Crippen molar-refractivity contribution < 1.29 is 9.13 Å². The molecule has 2 rings (SSSR count). The van der Waals surface area contributed by atoms with Crippen LogP contribution in [0.3, 0.4) is 0 Å². The van der Waals surface area contributed by atoms with Gasteiger partial charge in [0.25, 0.3) is 0 Å². The Morgan fingerprint density at radius 2 is 2.05 bits per heavy atom. The molecular formula is C12H11BrClFN4O. The molecule has 2 aromatic rings. The van der Waals surface area contributed by atoms with Crippen molar-refractivity contribution in [1.82, 2.24) is 15.0 Å². The lowest BCUT2D eigenvalue weighted by molar-refractivity contribution is 0.222. The van der Waals surface area contributed by atoms with Crippen LogP contribution in [0.25, 0.3) is 0 Å². The van der Waals surface area contributed by atoms with Gasteiger partial charge in [-0.25, -0.2) is 4.39 Å². The van der Waals surface area contributed by atoms with Gasteiger partial charge < -0.3 is 10.1 Å². The largest absolute Gasteiger partial charge is 0.461 e. The van der Waals surface area contributed by atoms with E-state index in [1.165, 1.54) is 12.1 Å². The van der Waals surface area contributed by atoms with Crippen molar-refractivity contribution in [2.45, 2.75) is 20.0 Å². The maximum Gasteiger partial charge on any atom is 0.322 e. The molecule has 0 amide bonds. The summed E-state index contributed by atoms with van der Waals surface area (Å²) in [4.78, 5) is 11.8. The highest BCUT2D eigenvalue weighted by atomic mass is 79.9. The molecule has 5 nitrogen and oxygen atoms in total. The molecule has 1 heterocycles. The molecule has 0 aliphatic heterocycles. The number of benzene rings is 1. The van der Waals surface area contributed by atoms with Crippen LogP contribution in [-0.4, -0.2) is 21.1 Å². The van der Waals surface area contributed by atoms with Crippen LogP contribution in [0.5, 0.6) is 6.01 Å². The number of hydrogen-bond acceptors (Lipinski definition) is 5. The second-order valence-corrected chi connectivity index (χ2v) is 5.32. The Morgan fingerprint density at radius 3 is 2.75 bits per heavy atom. The van der Waals surface area contributed by atoms with Crippen LogP contribution in [0, 0.1) is 5.82 Å². The van der Waals surface area contributed by atoms with E-state index in [1.807, 2.05) is 13.8 Å². The standard InChI is InChI=1S/C12H11BrClFN4O/c1-6(2)20-12-18-10(14)17-11(19-12)16-9-5-7(15)3-4-8(9)13/h3-6H,1-2H3,(H,16,17,18,19). The third kappa shape index (κ3) is 4.01. The minimum atomic E-state index is -0.380. The summed E-state index contributed by atoms with van der Waals surface area (Å²) in [5.74, 6) is -0.207. The van der Waals surface area contributed by atoms with Crippen molar-refractivity contribution in [1.29, 1.82) is 0 Å². The summed E-state index contributed by atoms with van der Waals surface area (Å²) in [5, 5.41) is 2.85. The number of rotatable bonds is 4. The molecule has 0 aliphatic rings. The van der Waals surface area contributed by atoms with Gasteiger partial charge in [0.15, 0.2) is 0 Å². The highest BCUT2D eigenvalue weighted by Gasteiger charge is 2.10. The molecule has 8 heteroatoms. The molecule has 0 saturated heterocycles. The van der Waals surface area contributed by atoms with Crippen LogP contribution < -0.4 is 10.1 Å². The SMILES string of the molecule is CC(C)Oc1nc(Cl)nc(Nc2cc(F)ccc2Br)n1. The van der Waals surface area contributed by atoms with E-state index in [0.29, 0.717) is 10.2 Å². The lowest BCUT2D eigenvalue weighted by Crippen LogP contribution is -2.10. The third-order valence-corrected chi connectivity index (χ3v) is 2.96. The van der Waals surface area contributed by atoms with Crippen LogP contribution in [0.15, 0.2) is 22.7 Å². The Balaban J connectivity index is 2.28. The van der Waals surface area contributed by atoms with E-state index in [4.69, 9.17) is 16.3 Å². The molecule has 0 aliphatic carbocycles. The van der Waals surface area contributed by atoms with Gasteiger partial charge in [0.05, 0.1) is 11.8 Å². The van der Waals surface area contributed by atoms with Gasteiger partial charge in [-0.3, -0.25) is 0 Å². The monoisotopic (exact) mass is 360 g/mol. The zero-order valence-corrected chi connectivity index (χ0v) is 13.0. The van der Waals surface area contributed by atoms with Gasteiger partial charge in [-0.1, -0.05) is 0 Å². The van der Waals surface area contributed by atoms with E-state index in [1.54, 1.807) is 6.07 Å². The summed E-state index contributed by atoms with van der Waals surface area (Å²) in [6.45, 7) is 3.68. The average molecular weight is 362 g/mol. The summed E-state index contributed by atoms with van der Waals surface area (Å²) in [5.41, 5.74) is 0.475. The Hall–Kier alpha value is -1.47. The number of nitrogens with zero attached hydrogens (tertiary/aromatic N) is 3. The van der Waals surface area contributed by atoms with E-state index >= 15 is 0 Å². The van der Waals surface area contributed by atoms with Crippen LogP contribution in [0.4, 0.5) is 16.0 Å². The van der Waals surface area contributed by atoms with Crippen LogP contribution >= 0.6 is 27.5 Å². The van der Waals surface area contributed by atoms with Gasteiger partial charge >= 0.3 is 6.01 Å². The highest BCUT2D eigenvalue weighted by Crippen LogP contribution is 2.26. The average Bonchev–Trinajstić information content (AvgIpc) is 2.32. The van der Waals surface area contributed by atoms with Gasteiger partial charge in [-0.2, -0.15) is 15.0 Å². The first kappa shape index (κ1) is 14.9. The number of ether oxygens (including phenoxy) is 1. The summed E-state index contributed by atoms with van der Waals surface area (Å²) in [7, 11) is 0. The fourth-order valence-corrected chi connectivity index (χ4v) is 1.86. The fraction of sp³-hybridized carbons (Fsp3) is 0.250. The zero-order valence-electron chi connectivity index (χ0n) is 10.7. The lowest BCUT2D eigenvalue weighted by atomic mass is 10.3. The first-order chi connectivity index (χ1) is 9.44. The van der Waals surface area contributed by atoms with Crippen molar-refractivity contribution >= 4 is 39.2 Å². The molecule has 106 valence electrons. The maximum absolute atomic E-state index is 13.2. The molecular weight excluding hydrogens is 351 g/mol. The predicted octanol–water partition coefficient (Wildman–Crippen LogP) is 3.96. The topological polar surface area (TPSA) is 59.9 Å². The Morgan fingerprint density at radius 1 is 1.30 bits per heavy atom. The Labute approximate surface area is 128 Å². The smallest absolute Gasteiger partial charge is 0.322 e. The number of aromatic nitrogens is 3. The second-order valence-electron chi connectivity index (χ2n) is 4.13. The molecule has 20 heavy (non-hydrogen) atoms. The van der Waals surface area contributed by atoms with Gasteiger partial charge in [0, 0.05) is 4.47 Å². The maximum atomic E-state index is 13.2. The molecule has 0 spiro atoms. The molecule has 0 atom stereocenters. The lowest BCUT2D eigenvalue weighted by Gasteiger charge is -2.10. The van der Waals surface area contributed by atoms with Crippen molar-refractivity contribution in [3.8, 4) is 6.01 Å². The van der Waals surface area contributed by atoms with E-state index in [2.05, 4.69) is 36.2 Å². The molecule has 1 aromatic carbocycles. The quantitative estimate of drug-likeness (QED) is 0.893. The number of halogens is 3. The fourth-order valence-electron chi connectivity index (χ4n) is 1.37. The van der Waals surface area contributed by atoms with Gasteiger partial charge in [0.1, 0.15) is 5.82 Å². The van der Waals surface area contributed by atoms with Gasteiger partial charge in [0.2, 0.25) is 11.2 Å². The van der Waals surface area contributed by atoms with Gasteiger partial charge in [-0.15, -0.1) is 0 Å². The van der Waals surface area contributed by atoms with Gasteiger partial charge in [-0.05, 0) is 59.6 Å². The molecule has 0 bridgehead atoms. The third-order valence-electron chi connectivity index (χ3n) is 2.10.